The number of fused-ring (bicyclic) bond motifs is 7. The van der Waals surface area contributed by atoms with Gasteiger partial charge in [0.15, 0.2) is 5.58 Å². The summed E-state index contributed by atoms with van der Waals surface area (Å²) in [7, 11) is 0. The minimum Gasteiger partial charge on any atom is -0.456 e. The van der Waals surface area contributed by atoms with Crippen LogP contribution in [0.2, 0.25) is 0 Å². The second-order valence-corrected chi connectivity index (χ2v) is 11.5. The van der Waals surface area contributed by atoms with Crippen molar-refractivity contribution in [2.45, 2.75) is 0 Å². The number of thiophene rings is 1. The number of aromatic nitrogens is 1. The van der Waals surface area contributed by atoms with E-state index in [0.29, 0.717) is 5.89 Å². The van der Waals surface area contributed by atoms with Gasteiger partial charge in [0.25, 0.3) is 0 Å². The Morgan fingerprint density at radius 2 is 1.24 bits per heavy atom. The van der Waals surface area contributed by atoms with Crippen LogP contribution in [-0.4, -0.2) is 4.98 Å². The fraction of sp³-hybridized carbons (Fsp3) is 0. The van der Waals surface area contributed by atoms with Crippen LogP contribution in [0.1, 0.15) is 0 Å². The van der Waals surface area contributed by atoms with Crippen LogP contribution in [0.5, 0.6) is 0 Å². The minimum atomic E-state index is 0.588. The van der Waals surface area contributed by atoms with Crippen LogP contribution in [0.3, 0.4) is 0 Å². The Morgan fingerprint density at radius 1 is 0.500 bits per heavy atom. The van der Waals surface area contributed by atoms with Gasteiger partial charge in [-0.3, -0.25) is 0 Å². The number of rotatable bonds is 4. The Kier molecular flexibility index (Phi) is 5.03. The molecule has 3 aromatic heterocycles. The minimum absolute atomic E-state index is 0.588. The van der Waals surface area contributed by atoms with E-state index >= 15 is 0 Å². The summed E-state index contributed by atoms with van der Waals surface area (Å²) in [6.45, 7) is 0. The Labute approximate surface area is 244 Å². The first-order valence-electron chi connectivity index (χ1n) is 13.9. The van der Waals surface area contributed by atoms with Crippen molar-refractivity contribution in [3.8, 4) is 11.5 Å². The SMILES string of the molecule is c1ccc(N(c2ccc3sc4ccccc4c3c2)c2ccc3oc4cccc(-c5nc6ccccc6o5)c4c3c2)cc1. The summed E-state index contributed by atoms with van der Waals surface area (Å²) < 4.78 is 15.1. The number of furan rings is 1. The number of nitrogens with zero attached hydrogens (tertiary/aromatic N) is 2. The molecular formula is C37H22N2O2S. The molecule has 0 aliphatic rings. The fourth-order valence-corrected chi connectivity index (χ4v) is 7.08. The van der Waals surface area contributed by atoms with E-state index in [4.69, 9.17) is 13.8 Å². The van der Waals surface area contributed by atoms with Crippen molar-refractivity contribution in [3.05, 3.63) is 133 Å². The zero-order valence-corrected chi connectivity index (χ0v) is 23.1. The standard InChI is InChI=1S/C37H22N2O2S/c1-2-9-23(10-3-1)39(25-18-20-35-28(21-25)26-11-4-7-16-34(26)42-35)24-17-19-31-29(22-24)36-27(12-8-15-33(36)40-31)37-38-30-13-5-6-14-32(30)41-37/h1-22H. The molecule has 198 valence electrons. The number of para-hydroxylation sites is 3. The van der Waals surface area contributed by atoms with Gasteiger partial charge in [-0.1, -0.05) is 54.6 Å². The van der Waals surface area contributed by atoms with E-state index in [1.807, 2.05) is 47.7 Å². The highest BCUT2D eigenvalue weighted by atomic mass is 32.1. The number of hydrogen-bond acceptors (Lipinski definition) is 5. The zero-order chi connectivity index (χ0) is 27.6. The summed E-state index contributed by atoms with van der Waals surface area (Å²) in [5.41, 5.74) is 7.38. The Hall–Kier alpha value is -5.39. The highest BCUT2D eigenvalue weighted by molar-refractivity contribution is 7.25. The van der Waals surface area contributed by atoms with Crippen LogP contribution in [0.15, 0.2) is 142 Å². The van der Waals surface area contributed by atoms with Gasteiger partial charge in [0.05, 0.1) is 0 Å². The zero-order valence-electron chi connectivity index (χ0n) is 22.3. The van der Waals surface area contributed by atoms with Crippen LogP contribution < -0.4 is 4.90 Å². The lowest BCUT2D eigenvalue weighted by atomic mass is 10.0. The molecule has 0 fully saturated rings. The average molecular weight is 559 g/mol. The van der Waals surface area contributed by atoms with E-state index in [1.165, 1.54) is 20.2 Å². The third-order valence-electron chi connectivity index (χ3n) is 7.89. The van der Waals surface area contributed by atoms with Crippen molar-refractivity contribution in [2.24, 2.45) is 0 Å². The molecule has 0 saturated heterocycles. The molecule has 5 heteroatoms. The van der Waals surface area contributed by atoms with Crippen molar-refractivity contribution in [1.82, 2.24) is 4.98 Å². The lowest BCUT2D eigenvalue weighted by Gasteiger charge is -2.25. The summed E-state index contributed by atoms with van der Waals surface area (Å²) in [5, 5.41) is 4.56. The van der Waals surface area contributed by atoms with E-state index in [9.17, 15) is 0 Å². The third kappa shape index (κ3) is 3.57. The van der Waals surface area contributed by atoms with Crippen LogP contribution in [0.25, 0.3) is 64.7 Å². The molecule has 0 aliphatic heterocycles. The highest BCUT2D eigenvalue weighted by Gasteiger charge is 2.20. The molecule has 4 nitrogen and oxygen atoms in total. The summed E-state index contributed by atoms with van der Waals surface area (Å²) in [5.74, 6) is 0.588. The number of anilines is 3. The molecule has 0 atom stereocenters. The van der Waals surface area contributed by atoms with Gasteiger partial charge >= 0.3 is 0 Å². The second kappa shape index (κ2) is 9.06. The smallest absolute Gasteiger partial charge is 0.228 e. The maximum Gasteiger partial charge on any atom is 0.228 e. The average Bonchev–Trinajstić information content (AvgIpc) is 3.74. The lowest BCUT2D eigenvalue weighted by Crippen LogP contribution is -2.09. The summed E-state index contributed by atoms with van der Waals surface area (Å²) in [6, 6.07) is 46.2. The predicted molar refractivity (Wildman–Crippen MR) is 174 cm³/mol. The van der Waals surface area contributed by atoms with Gasteiger partial charge in [-0.05, 0) is 78.9 Å². The molecule has 9 rings (SSSR count). The molecule has 0 saturated carbocycles. The first kappa shape index (κ1) is 23.3. The molecule has 0 N–H and O–H groups in total. The molecule has 6 aromatic carbocycles. The maximum absolute atomic E-state index is 6.34. The quantitative estimate of drug-likeness (QED) is 0.215. The van der Waals surface area contributed by atoms with Gasteiger partial charge in [0, 0.05) is 53.6 Å². The van der Waals surface area contributed by atoms with Crippen molar-refractivity contribution in [3.63, 3.8) is 0 Å². The van der Waals surface area contributed by atoms with Gasteiger partial charge in [0.1, 0.15) is 16.7 Å². The largest absolute Gasteiger partial charge is 0.456 e. The van der Waals surface area contributed by atoms with E-state index in [2.05, 4.69) is 102 Å². The fourth-order valence-electron chi connectivity index (χ4n) is 6.00. The van der Waals surface area contributed by atoms with Crippen LogP contribution in [0, 0.1) is 0 Å². The first-order chi connectivity index (χ1) is 20.8. The topological polar surface area (TPSA) is 42.4 Å². The van der Waals surface area contributed by atoms with Crippen LogP contribution >= 0.6 is 11.3 Å². The molecule has 9 aromatic rings. The Bertz CT molecular complexity index is 2400. The summed E-state index contributed by atoms with van der Waals surface area (Å²) in [6.07, 6.45) is 0. The number of benzene rings is 6. The Morgan fingerprint density at radius 3 is 2.14 bits per heavy atom. The molecule has 3 heterocycles. The Balaban J connectivity index is 1.27. The monoisotopic (exact) mass is 558 g/mol. The molecule has 0 bridgehead atoms. The lowest BCUT2D eigenvalue weighted by molar-refractivity contribution is 0.620. The van der Waals surface area contributed by atoms with Crippen molar-refractivity contribution in [2.75, 3.05) is 4.90 Å². The highest BCUT2D eigenvalue weighted by Crippen LogP contribution is 2.43. The summed E-state index contributed by atoms with van der Waals surface area (Å²) >= 11 is 1.83. The number of hydrogen-bond donors (Lipinski definition) is 0. The molecular weight excluding hydrogens is 536 g/mol. The van der Waals surface area contributed by atoms with Crippen molar-refractivity contribution < 1.29 is 8.83 Å². The first-order valence-corrected chi connectivity index (χ1v) is 14.7. The molecule has 0 aliphatic carbocycles. The molecule has 0 unspecified atom stereocenters. The van der Waals surface area contributed by atoms with Gasteiger partial charge in [-0.25, -0.2) is 4.98 Å². The molecule has 0 radical (unpaired) electrons. The van der Waals surface area contributed by atoms with Crippen LogP contribution in [0.4, 0.5) is 17.1 Å². The molecule has 0 amide bonds. The normalized spacial score (nSPS) is 11.8. The second-order valence-electron chi connectivity index (χ2n) is 10.4. The van der Waals surface area contributed by atoms with E-state index < -0.39 is 0 Å². The van der Waals surface area contributed by atoms with Gasteiger partial charge in [-0.15, -0.1) is 11.3 Å². The van der Waals surface area contributed by atoms with Gasteiger partial charge < -0.3 is 13.7 Å². The molecule has 42 heavy (non-hydrogen) atoms. The van der Waals surface area contributed by atoms with Gasteiger partial charge in [-0.2, -0.15) is 0 Å². The van der Waals surface area contributed by atoms with Crippen molar-refractivity contribution in [1.29, 1.82) is 0 Å². The van der Waals surface area contributed by atoms with E-state index in [-0.39, 0.29) is 0 Å². The van der Waals surface area contributed by atoms with Crippen molar-refractivity contribution >= 4 is 81.6 Å². The third-order valence-corrected chi connectivity index (χ3v) is 9.05. The van der Waals surface area contributed by atoms with E-state index in [1.54, 1.807) is 0 Å². The summed E-state index contributed by atoms with van der Waals surface area (Å²) in [4.78, 5) is 7.11. The van der Waals surface area contributed by atoms with Gasteiger partial charge in [0.2, 0.25) is 5.89 Å². The molecule has 0 spiro atoms. The predicted octanol–water partition coefficient (Wildman–Crippen LogP) is 11.2. The number of oxazole rings is 1. The maximum atomic E-state index is 6.34. The van der Waals surface area contributed by atoms with Crippen LogP contribution in [-0.2, 0) is 0 Å². The van der Waals surface area contributed by atoms with E-state index in [0.717, 1.165) is 55.7 Å².